The third-order valence-corrected chi connectivity index (χ3v) is 8.50. The van der Waals surface area contributed by atoms with Crippen LogP contribution in [0.4, 0.5) is 0 Å². The Labute approximate surface area is 215 Å². The SMILES string of the molecule is COC(=O)C1=CC(c2c(C)c(C)c(C)c(C)c2C)=CC2=C(C)C(C)=C(C)C(C)=C(C)C2=C1C(=O)OC. The third-order valence-electron chi connectivity index (χ3n) is 8.50. The quantitative estimate of drug-likeness (QED) is 0.424. The highest BCUT2D eigenvalue weighted by Gasteiger charge is 2.33. The van der Waals surface area contributed by atoms with E-state index in [1.165, 1.54) is 30.9 Å². The molecule has 36 heavy (non-hydrogen) atoms. The smallest absolute Gasteiger partial charge is 0.339 e. The second-order valence-corrected chi connectivity index (χ2v) is 9.93. The molecule has 0 spiro atoms. The van der Waals surface area contributed by atoms with Crippen LogP contribution < -0.4 is 0 Å². The Morgan fingerprint density at radius 2 is 1.00 bits per heavy atom. The van der Waals surface area contributed by atoms with E-state index in [-0.39, 0.29) is 11.1 Å². The fourth-order valence-corrected chi connectivity index (χ4v) is 5.35. The lowest BCUT2D eigenvalue weighted by atomic mass is 9.84. The van der Waals surface area contributed by atoms with E-state index >= 15 is 0 Å². The van der Waals surface area contributed by atoms with Crippen molar-refractivity contribution in [1.29, 1.82) is 0 Å². The second-order valence-electron chi connectivity index (χ2n) is 9.93. The van der Waals surface area contributed by atoms with Crippen molar-refractivity contribution in [2.75, 3.05) is 14.2 Å². The average molecular weight is 487 g/mol. The lowest BCUT2D eigenvalue weighted by Gasteiger charge is -2.20. The zero-order valence-corrected chi connectivity index (χ0v) is 23.8. The molecule has 1 aromatic rings. The van der Waals surface area contributed by atoms with E-state index < -0.39 is 11.9 Å². The first kappa shape index (κ1) is 27.2. The maximum absolute atomic E-state index is 13.4. The molecule has 2 aliphatic carbocycles. The number of fused-ring (bicyclic) bond motifs is 1. The number of methoxy groups -OCH3 is 2. The molecule has 0 amide bonds. The summed E-state index contributed by atoms with van der Waals surface area (Å²) in [6.07, 6.45) is 3.93. The van der Waals surface area contributed by atoms with Crippen molar-refractivity contribution in [2.45, 2.75) is 69.2 Å². The highest BCUT2D eigenvalue weighted by molar-refractivity contribution is 6.11. The molecule has 0 radical (unpaired) electrons. The van der Waals surface area contributed by atoms with Crippen molar-refractivity contribution in [3.05, 3.63) is 95.7 Å². The summed E-state index contributed by atoms with van der Waals surface area (Å²) >= 11 is 0. The number of benzene rings is 1. The molecule has 0 unspecified atom stereocenters. The van der Waals surface area contributed by atoms with Crippen molar-refractivity contribution < 1.29 is 19.1 Å². The van der Waals surface area contributed by atoms with Gasteiger partial charge in [0.25, 0.3) is 0 Å². The Hall–Kier alpha value is -3.40. The summed E-state index contributed by atoms with van der Waals surface area (Å²) in [6, 6.07) is 0. The van der Waals surface area contributed by atoms with Crippen LogP contribution in [-0.4, -0.2) is 26.2 Å². The topological polar surface area (TPSA) is 52.6 Å². The number of allylic oxidation sites excluding steroid dienone is 10. The number of hydrogen-bond donors (Lipinski definition) is 0. The molecule has 0 bridgehead atoms. The molecule has 0 atom stereocenters. The van der Waals surface area contributed by atoms with Gasteiger partial charge in [0, 0.05) is 5.57 Å². The van der Waals surface area contributed by atoms with Crippen molar-refractivity contribution in [3.63, 3.8) is 0 Å². The number of rotatable bonds is 3. The Balaban J connectivity index is 2.64. The minimum Gasteiger partial charge on any atom is -0.465 e. The van der Waals surface area contributed by atoms with E-state index in [9.17, 15) is 9.59 Å². The first-order valence-corrected chi connectivity index (χ1v) is 12.3. The summed E-state index contributed by atoms with van der Waals surface area (Å²) < 4.78 is 10.5. The van der Waals surface area contributed by atoms with Gasteiger partial charge in [-0.15, -0.1) is 0 Å². The molecule has 0 aromatic heterocycles. The lowest BCUT2D eigenvalue weighted by Crippen LogP contribution is -2.18. The monoisotopic (exact) mass is 486 g/mol. The Bertz CT molecular complexity index is 1370. The van der Waals surface area contributed by atoms with Crippen LogP contribution in [0, 0.1) is 34.6 Å². The molecule has 0 heterocycles. The molecular weight excluding hydrogens is 448 g/mol. The van der Waals surface area contributed by atoms with E-state index in [0.717, 1.165) is 61.3 Å². The molecule has 190 valence electrons. The van der Waals surface area contributed by atoms with Gasteiger partial charge in [0.1, 0.15) is 0 Å². The predicted molar refractivity (Wildman–Crippen MR) is 147 cm³/mol. The van der Waals surface area contributed by atoms with Gasteiger partial charge < -0.3 is 9.47 Å². The molecule has 0 saturated heterocycles. The zero-order valence-electron chi connectivity index (χ0n) is 23.8. The number of carbonyl (C=O) groups is 2. The Morgan fingerprint density at radius 3 is 1.50 bits per heavy atom. The molecule has 4 heteroatoms. The molecule has 1 aromatic carbocycles. The minimum atomic E-state index is -0.570. The van der Waals surface area contributed by atoms with Crippen LogP contribution in [0.5, 0.6) is 0 Å². The van der Waals surface area contributed by atoms with Gasteiger partial charge in [-0.3, -0.25) is 0 Å². The van der Waals surface area contributed by atoms with Gasteiger partial charge in [0.15, 0.2) is 0 Å². The summed E-state index contributed by atoms with van der Waals surface area (Å²) in [7, 11) is 2.69. The van der Waals surface area contributed by atoms with E-state index in [2.05, 4.69) is 68.4 Å². The van der Waals surface area contributed by atoms with Crippen LogP contribution in [0.25, 0.3) is 5.57 Å². The molecule has 4 nitrogen and oxygen atoms in total. The lowest BCUT2D eigenvalue weighted by molar-refractivity contribution is -0.139. The van der Waals surface area contributed by atoms with E-state index in [1.807, 2.05) is 6.92 Å². The van der Waals surface area contributed by atoms with Crippen LogP contribution in [0.2, 0.25) is 0 Å². The van der Waals surface area contributed by atoms with Gasteiger partial charge >= 0.3 is 11.9 Å². The Kier molecular flexibility index (Phi) is 7.50. The largest absolute Gasteiger partial charge is 0.465 e. The summed E-state index contributed by atoms with van der Waals surface area (Å²) in [6.45, 7) is 21.0. The standard InChI is InChI=1S/C32H38O4/c1-15-17(3)21(7)26-13-25(28-22(8)18(4)16(2)19(5)23(28)9)14-27(31(33)35-11)30(32(34)36-12)29(26)24(10)20(15)6/h13-14H,1-12H3. The van der Waals surface area contributed by atoms with Crippen LogP contribution >= 0.6 is 0 Å². The van der Waals surface area contributed by atoms with Gasteiger partial charge in [-0.25, -0.2) is 9.59 Å². The second kappa shape index (κ2) is 9.93. The van der Waals surface area contributed by atoms with Crippen molar-refractivity contribution in [1.82, 2.24) is 0 Å². The van der Waals surface area contributed by atoms with E-state index in [4.69, 9.17) is 9.47 Å². The first-order valence-electron chi connectivity index (χ1n) is 12.3. The number of ether oxygens (including phenoxy) is 2. The maximum Gasteiger partial charge on any atom is 0.339 e. The summed E-state index contributed by atoms with van der Waals surface area (Å²) in [5, 5.41) is 0. The van der Waals surface area contributed by atoms with Gasteiger partial charge in [0.2, 0.25) is 0 Å². The predicted octanol–water partition coefficient (Wildman–Crippen LogP) is 7.20. The minimum absolute atomic E-state index is 0.201. The normalized spacial score (nSPS) is 16.4. The van der Waals surface area contributed by atoms with E-state index in [1.54, 1.807) is 6.08 Å². The van der Waals surface area contributed by atoms with Crippen LogP contribution in [-0.2, 0) is 19.1 Å². The fraction of sp³-hybridized carbons (Fsp3) is 0.375. The van der Waals surface area contributed by atoms with Gasteiger partial charge in [-0.2, -0.15) is 0 Å². The third kappa shape index (κ3) is 4.13. The van der Waals surface area contributed by atoms with Crippen LogP contribution in [0.15, 0.2) is 62.3 Å². The summed E-state index contributed by atoms with van der Waals surface area (Å²) in [4.78, 5) is 26.6. The number of hydrogen-bond acceptors (Lipinski definition) is 4. The zero-order chi connectivity index (χ0) is 27.2. The summed E-state index contributed by atoms with van der Waals surface area (Å²) in [5.74, 6) is -1.13. The van der Waals surface area contributed by atoms with Crippen molar-refractivity contribution in [3.8, 4) is 0 Å². The number of esters is 2. The van der Waals surface area contributed by atoms with Gasteiger partial charge in [-0.1, -0.05) is 0 Å². The molecule has 0 saturated carbocycles. The maximum atomic E-state index is 13.4. The van der Waals surface area contributed by atoms with Gasteiger partial charge in [0.05, 0.1) is 25.4 Å². The molecule has 0 N–H and O–H groups in total. The molecule has 0 aliphatic heterocycles. The first-order chi connectivity index (χ1) is 16.8. The molecular formula is C32H38O4. The molecule has 0 fully saturated rings. The highest BCUT2D eigenvalue weighted by atomic mass is 16.5. The number of carbonyl (C=O) groups excluding carboxylic acids is 2. The van der Waals surface area contributed by atoms with Crippen LogP contribution in [0.1, 0.15) is 68.0 Å². The molecule has 2 aliphatic rings. The highest BCUT2D eigenvalue weighted by Crippen LogP contribution is 2.44. The average Bonchev–Trinajstić information content (AvgIpc) is 3.07. The Morgan fingerprint density at radius 1 is 0.556 bits per heavy atom. The summed E-state index contributed by atoms with van der Waals surface area (Å²) in [5.41, 5.74) is 15.4. The van der Waals surface area contributed by atoms with Gasteiger partial charge in [-0.05, 0) is 154 Å². The molecule has 3 rings (SSSR count). The van der Waals surface area contributed by atoms with Crippen LogP contribution in [0.3, 0.4) is 0 Å². The van der Waals surface area contributed by atoms with Crippen molar-refractivity contribution >= 4 is 17.5 Å². The van der Waals surface area contributed by atoms with Crippen molar-refractivity contribution in [2.24, 2.45) is 0 Å². The fourth-order valence-electron chi connectivity index (χ4n) is 5.35. The van der Waals surface area contributed by atoms with E-state index in [0.29, 0.717) is 0 Å².